The lowest BCUT2D eigenvalue weighted by molar-refractivity contribution is -0.113. The van der Waals surface area contributed by atoms with E-state index in [4.69, 9.17) is 0 Å². The molecule has 6 heteroatoms. The van der Waals surface area contributed by atoms with Crippen molar-refractivity contribution in [1.82, 2.24) is 9.97 Å². The molecule has 118 valence electrons. The number of benzene rings is 2. The van der Waals surface area contributed by atoms with Crippen LogP contribution < -0.4 is 5.32 Å². The lowest BCUT2D eigenvalue weighted by Crippen LogP contribution is -2.15. The van der Waals surface area contributed by atoms with Crippen LogP contribution in [0.15, 0.2) is 48.5 Å². The standard InChI is InChI=1S/C17H16FN3OS/c1-11(17-20-14-8-4-5-9-15(14)21-17)23-10-16(22)19-13-7-3-2-6-12(13)18/h2-9,11H,10H2,1H3,(H,19,22)(H,20,21). The molecule has 0 radical (unpaired) electrons. The van der Waals surface area contributed by atoms with Crippen molar-refractivity contribution < 1.29 is 9.18 Å². The van der Waals surface area contributed by atoms with Crippen molar-refractivity contribution in [3.05, 3.63) is 60.2 Å². The molecule has 4 nitrogen and oxygen atoms in total. The van der Waals surface area contributed by atoms with Gasteiger partial charge in [-0.2, -0.15) is 0 Å². The molecule has 0 aliphatic heterocycles. The number of halogens is 1. The number of carbonyl (C=O) groups is 1. The highest BCUT2D eigenvalue weighted by Crippen LogP contribution is 2.27. The summed E-state index contributed by atoms with van der Waals surface area (Å²) >= 11 is 1.45. The first-order valence-corrected chi connectivity index (χ1v) is 8.29. The molecule has 0 fully saturated rings. The van der Waals surface area contributed by atoms with Gasteiger partial charge in [-0.1, -0.05) is 24.3 Å². The lowest BCUT2D eigenvalue weighted by Gasteiger charge is -2.09. The fourth-order valence-electron chi connectivity index (χ4n) is 2.19. The molecule has 0 aliphatic carbocycles. The third kappa shape index (κ3) is 3.71. The number of fused-ring (bicyclic) bond motifs is 1. The topological polar surface area (TPSA) is 57.8 Å². The van der Waals surface area contributed by atoms with Crippen LogP contribution in [0.2, 0.25) is 0 Å². The van der Waals surface area contributed by atoms with Gasteiger partial charge in [-0.3, -0.25) is 4.79 Å². The molecule has 0 bridgehead atoms. The van der Waals surface area contributed by atoms with Crippen molar-refractivity contribution in [2.75, 3.05) is 11.1 Å². The highest BCUT2D eigenvalue weighted by Gasteiger charge is 2.14. The fourth-order valence-corrected chi connectivity index (χ4v) is 2.94. The molecule has 1 atom stereocenters. The quantitative estimate of drug-likeness (QED) is 0.740. The second-order valence-electron chi connectivity index (χ2n) is 5.12. The molecule has 3 aromatic rings. The highest BCUT2D eigenvalue weighted by molar-refractivity contribution is 8.00. The molecule has 1 heterocycles. The maximum absolute atomic E-state index is 13.5. The second kappa shape index (κ2) is 6.83. The van der Waals surface area contributed by atoms with Gasteiger partial charge in [0.15, 0.2) is 0 Å². The number of hydrogen-bond acceptors (Lipinski definition) is 3. The first-order valence-electron chi connectivity index (χ1n) is 7.24. The zero-order valence-electron chi connectivity index (χ0n) is 12.5. The first-order chi connectivity index (χ1) is 11.1. The number of hydrogen-bond donors (Lipinski definition) is 2. The SMILES string of the molecule is CC(SCC(=O)Nc1ccccc1F)c1nc2ccccc2[nH]1. The van der Waals surface area contributed by atoms with Crippen molar-refractivity contribution in [3.63, 3.8) is 0 Å². The van der Waals surface area contributed by atoms with Gasteiger partial charge < -0.3 is 10.3 Å². The van der Waals surface area contributed by atoms with Gasteiger partial charge in [0.2, 0.25) is 5.91 Å². The number of rotatable bonds is 5. The van der Waals surface area contributed by atoms with Crippen LogP contribution in [0, 0.1) is 5.82 Å². The molecule has 0 aliphatic rings. The van der Waals surface area contributed by atoms with Gasteiger partial charge in [0.1, 0.15) is 11.6 Å². The van der Waals surface area contributed by atoms with Crippen LogP contribution in [0.25, 0.3) is 11.0 Å². The van der Waals surface area contributed by atoms with E-state index >= 15 is 0 Å². The number of nitrogens with zero attached hydrogens (tertiary/aromatic N) is 1. The van der Waals surface area contributed by atoms with Gasteiger partial charge >= 0.3 is 0 Å². The number of aromatic amines is 1. The van der Waals surface area contributed by atoms with Gasteiger partial charge in [0.05, 0.1) is 27.7 Å². The number of carbonyl (C=O) groups excluding carboxylic acids is 1. The lowest BCUT2D eigenvalue weighted by atomic mass is 10.3. The number of para-hydroxylation sites is 3. The van der Waals surface area contributed by atoms with Crippen LogP contribution in [0.3, 0.4) is 0 Å². The Hall–Kier alpha value is -2.34. The zero-order valence-corrected chi connectivity index (χ0v) is 13.4. The third-order valence-corrected chi connectivity index (χ3v) is 4.56. The van der Waals surface area contributed by atoms with Gasteiger partial charge in [0, 0.05) is 0 Å². The van der Waals surface area contributed by atoms with E-state index in [0.717, 1.165) is 16.9 Å². The predicted molar refractivity (Wildman–Crippen MR) is 92.0 cm³/mol. The summed E-state index contributed by atoms with van der Waals surface area (Å²) in [7, 11) is 0. The second-order valence-corrected chi connectivity index (χ2v) is 6.45. The Morgan fingerprint density at radius 2 is 2.00 bits per heavy atom. The highest BCUT2D eigenvalue weighted by atomic mass is 32.2. The number of thioether (sulfide) groups is 1. The molecule has 1 amide bonds. The maximum atomic E-state index is 13.5. The van der Waals surface area contributed by atoms with Crippen LogP contribution in [0.1, 0.15) is 18.0 Å². The minimum atomic E-state index is -0.434. The molecule has 2 aromatic carbocycles. The summed E-state index contributed by atoms with van der Waals surface area (Å²) in [4.78, 5) is 19.7. The summed E-state index contributed by atoms with van der Waals surface area (Å²) in [5, 5.41) is 2.61. The van der Waals surface area contributed by atoms with Crippen LogP contribution in [0.5, 0.6) is 0 Å². The van der Waals surface area contributed by atoms with Crippen molar-refractivity contribution in [3.8, 4) is 0 Å². The summed E-state index contributed by atoms with van der Waals surface area (Å²) in [5.41, 5.74) is 2.09. The fraction of sp³-hybridized carbons (Fsp3) is 0.176. The largest absolute Gasteiger partial charge is 0.341 e. The van der Waals surface area contributed by atoms with Crippen molar-refractivity contribution in [2.24, 2.45) is 0 Å². The average Bonchev–Trinajstić information content (AvgIpc) is 2.99. The smallest absolute Gasteiger partial charge is 0.234 e. The molecule has 1 aromatic heterocycles. The zero-order chi connectivity index (χ0) is 16.2. The molecular weight excluding hydrogens is 313 g/mol. The molecule has 23 heavy (non-hydrogen) atoms. The number of nitrogens with one attached hydrogen (secondary N) is 2. The minimum absolute atomic E-state index is 0.0359. The van der Waals surface area contributed by atoms with E-state index in [1.807, 2.05) is 31.2 Å². The molecule has 0 saturated heterocycles. The number of anilines is 1. The monoisotopic (exact) mass is 329 g/mol. The van der Waals surface area contributed by atoms with E-state index in [0.29, 0.717) is 0 Å². The van der Waals surface area contributed by atoms with Crippen molar-refractivity contribution in [2.45, 2.75) is 12.2 Å². The Morgan fingerprint density at radius 1 is 1.26 bits per heavy atom. The summed E-state index contributed by atoms with van der Waals surface area (Å²) in [6.07, 6.45) is 0. The Labute approximate surface area is 137 Å². The van der Waals surface area contributed by atoms with Gasteiger partial charge in [-0.25, -0.2) is 9.37 Å². The number of H-pyrrole nitrogens is 1. The van der Waals surface area contributed by atoms with Gasteiger partial charge in [0.25, 0.3) is 0 Å². The number of imidazole rings is 1. The summed E-state index contributed by atoms with van der Waals surface area (Å²) in [6, 6.07) is 13.9. The van der Waals surface area contributed by atoms with E-state index in [2.05, 4.69) is 15.3 Å². The summed E-state index contributed by atoms with van der Waals surface area (Å²) in [5.74, 6) is 0.390. The predicted octanol–water partition coefficient (Wildman–Crippen LogP) is 4.13. The normalized spacial score (nSPS) is 12.3. The molecule has 3 rings (SSSR count). The molecule has 1 unspecified atom stereocenters. The van der Waals surface area contributed by atoms with E-state index in [9.17, 15) is 9.18 Å². The summed E-state index contributed by atoms with van der Waals surface area (Å²) < 4.78 is 13.5. The Morgan fingerprint density at radius 3 is 2.78 bits per heavy atom. The molecule has 0 saturated carbocycles. The maximum Gasteiger partial charge on any atom is 0.234 e. The van der Waals surface area contributed by atoms with Gasteiger partial charge in [-0.15, -0.1) is 11.8 Å². The van der Waals surface area contributed by atoms with E-state index in [-0.39, 0.29) is 22.6 Å². The third-order valence-electron chi connectivity index (χ3n) is 3.41. The van der Waals surface area contributed by atoms with Gasteiger partial charge in [-0.05, 0) is 31.2 Å². The van der Waals surface area contributed by atoms with Crippen LogP contribution in [-0.2, 0) is 4.79 Å². The molecule has 2 N–H and O–H groups in total. The average molecular weight is 329 g/mol. The van der Waals surface area contributed by atoms with Crippen LogP contribution in [-0.4, -0.2) is 21.6 Å². The van der Waals surface area contributed by atoms with E-state index in [1.54, 1.807) is 18.2 Å². The van der Waals surface area contributed by atoms with Crippen LogP contribution >= 0.6 is 11.8 Å². The van der Waals surface area contributed by atoms with Crippen molar-refractivity contribution >= 4 is 34.4 Å². The Bertz CT molecular complexity index is 800. The van der Waals surface area contributed by atoms with E-state index in [1.165, 1.54) is 17.8 Å². The molecular formula is C17H16FN3OS. The van der Waals surface area contributed by atoms with Crippen LogP contribution in [0.4, 0.5) is 10.1 Å². The van der Waals surface area contributed by atoms with E-state index < -0.39 is 5.82 Å². The first kappa shape index (κ1) is 15.6. The summed E-state index contributed by atoms with van der Waals surface area (Å²) in [6.45, 7) is 1.98. The van der Waals surface area contributed by atoms with Crippen molar-refractivity contribution in [1.29, 1.82) is 0 Å². The minimum Gasteiger partial charge on any atom is -0.341 e. The Balaban J connectivity index is 1.59. The Kier molecular flexibility index (Phi) is 4.62. The molecule has 0 spiro atoms. The number of amides is 1. The number of aromatic nitrogens is 2.